The number of fused-ring (bicyclic) bond motifs is 3. The van der Waals surface area contributed by atoms with Crippen LogP contribution in [0.1, 0.15) is 27.0 Å². The van der Waals surface area contributed by atoms with Gasteiger partial charge in [-0.05, 0) is 59.2 Å². The van der Waals surface area contributed by atoms with Gasteiger partial charge in [-0.15, -0.1) is 0 Å². The van der Waals surface area contributed by atoms with Crippen molar-refractivity contribution in [3.63, 3.8) is 0 Å². The first-order valence-corrected chi connectivity index (χ1v) is 10.9. The lowest BCUT2D eigenvalue weighted by Crippen LogP contribution is -2.10. The summed E-state index contributed by atoms with van der Waals surface area (Å²) in [5, 5.41) is 12.0. The number of carboxylic acid groups (broad SMARTS) is 1. The lowest BCUT2D eigenvalue weighted by atomic mass is 9.92. The molecule has 0 spiro atoms. The van der Waals surface area contributed by atoms with E-state index in [9.17, 15) is 22.4 Å². The standard InChI is InChI=1S/C26H14ClF4N3O2/c27-13-4-5-15-16-9-22(34-14-7-20(30)24(26(35)36)21(31)8-14)32-10-12(16)11-33-25(17(15)6-13)23-18(28)2-1-3-19(23)29/h1-10H,11H2,(H,32,34)(H,35,36). The number of anilines is 2. The van der Waals surface area contributed by atoms with Gasteiger partial charge in [0.05, 0.1) is 17.8 Å². The molecule has 0 amide bonds. The average molecular weight is 512 g/mol. The number of aromatic nitrogens is 1. The summed E-state index contributed by atoms with van der Waals surface area (Å²) < 4.78 is 57.6. The Bertz CT molecular complexity index is 1550. The monoisotopic (exact) mass is 511 g/mol. The maximum Gasteiger partial charge on any atom is 0.341 e. The van der Waals surface area contributed by atoms with Gasteiger partial charge in [0, 0.05) is 22.5 Å². The summed E-state index contributed by atoms with van der Waals surface area (Å²) >= 11 is 6.21. The lowest BCUT2D eigenvalue weighted by molar-refractivity contribution is 0.0686. The molecule has 0 bridgehead atoms. The van der Waals surface area contributed by atoms with E-state index in [1.807, 2.05) is 0 Å². The van der Waals surface area contributed by atoms with Crippen LogP contribution >= 0.6 is 11.6 Å². The van der Waals surface area contributed by atoms with Crippen molar-refractivity contribution in [1.82, 2.24) is 4.98 Å². The van der Waals surface area contributed by atoms with E-state index in [2.05, 4.69) is 15.3 Å². The van der Waals surface area contributed by atoms with E-state index in [0.29, 0.717) is 27.3 Å². The number of benzene rings is 3. The van der Waals surface area contributed by atoms with Crippen LogP contribution in [0.2, 0.25) is 5.02 Å². The zero-order chi connectivity index (χ0) is 25.6. The molecular formula is C26H14ClF4N3O2. The number of hydrogen-bond acceptors (Lipinski definition) is 4. The molecule has 10 heteroatoms. The molecule has 2 heterocycles. The van der Waals surface area contributed by atoms with Crippen LogP contribution in [-0.2, 0) is 6.54 Å². The molecule has 1 aromatic heterocycles. The lowest BCUT2D eigenvalue weighted by Gasteiger charge is -2.14. The maximum atomic E-state index is 14.7. The van der Waals surface area contributed by atoms with E-state index in [-0.39, 0.29) is 29.3 Å². The van der Waals surface area contributed by atoms with Crippen molar-refractivity contribution in [2.24, 2.45) is 4.99 Å². The first-order valence-electron chi connectivity index (χ1n) is 10.5. The number of aromatic carboxylic acids is 1. The number of rotatable bonds is 4. The highest BCUT2D eigenvalue weighted by Crippen LogP contribution is 2.36. The summed E-state index contributed by atoms with van der Waals surface area (Å²) in [5.41, 5.74) is 0.880. The van der Waals surface area contributed by atoms with Gasteiger partial charge in [0.1, 0.15) is 34.7 Å². The number of hydrogen-bond donors (Lipinski definition) is 2. The van der Waals surface area contributed by atoms with Crippen LogP contribution in [0.25, 0.3) is 11.1 Å². The molecular weight excluding hydrogens is 498 g/mol. The predicted molar refractivity (Wildman–Crippen MR) is 127 cm³/mol. The van der Waals surface area contributed by atoms with Gasteiger partial charge < -0.3 is 10.4 Å². The fourth-order valence-corrected chi connectivity index (χ4v) is 4.23. The number of aliphatic imine (C=N–C) groups is 1. The molecule has 0 atom stereocenters. The maximum absolute atomic E-state index is 14.7. The number of nitrogens with zero attached hydrogens (tertiary/aromatic N) is 2. The van der Waals surface area contributed by atoms with E-state index < -0.39 is 34.8 Å². The van der Waals surface area contributed by atoms with Crippen LogP contribution in [0, 0.1) is 23.3 Å². The minimum Gasteiger partial charge on any atom is -0.477 e. The normalized spacial score (nSPS) is 12.3. The average Bonchev–Trinajstić information content (AvgIpc) is 2.95. The molecule has 5 rings (SSSR count). The highest BCUT2D eigenvalue weighted by atomic mass is 35.5. The fraction of sp³-hybridized carbons (Fsp3) is 0.0385. The largest absolute Gasteiger partial charge is 0.477 e. The number of carbonyl (C=O) groups is 1. The van der Waals surface area contributed by atoms with Crippen molar-refractivity contribution in [3.05, 3.63) is 111 Å². The Morgan fingerprint density at radius 2 is 1.58 bits per heavy atom. The minimum absolute atomic E-state index is 0.0502. The topological polar surface area (TPSA) is 74.6 Å². The van der Waals surface area contributed by atoms with Crippen molar-refractivity contribution in [2.75, 3.05) is 5.32 Å². The zero-order valence-corrected chi connectivity index (χ0v) is 18.9. The predicted octanol–water partition coefficient (Wildman–Crippen LogP) is 6.75. The molecule has 0 radical (unpaired) electrons. The molecule has 36 heavy (non-hydrogen) atoms. The van der Waals surface area contributed by atoms with E-state index >= 15 is 0 Å². The molecule has 5 nitrogen and oxygen atoms in total. The second kappa shape index (κ2) is 9.09. The van der Waals surface area contributed by atoms with Gasteiger partial charge in [-0.25, -0.2) is 27.3 Å². The Labute approximate surface area is 206 Å². The third kappa shape index (κ3) is 4.18. The van der Waals surface area contributed by atoms with Crippen molar-refractivity contribution in [3.8, 4) is 11.1 Å². The Morgan fingerprint density at radius 1 is 0.889 bits per heavy atom. The van der Waals surface area contributed by atoms with E-state index in [1.54, 1.807) is 24.3 Å². The molecule has 4 aromatic rings. The Hall–Kier alpha value is -4.24. The number of carboxylic acids is 1. The second-order valence-electron chi connectivity index (χ2n) is 7.92. The van der Waals surface area contributed by atoms with Crippen LogP contribution in [-0.4, -0.2) is 21.8 Å². The van der Waals surface area contributed by atoms with Crippen LogP contribution in [0.15, 0.2) is 65.8 Å². The Balaban J connectivity index is 1.60. The van der Waals surface area contributed by atoms with E-state index in [4.69, 9.17) is 16.7 Å². The van der Waals surface area contributed by atoms with Gasteiger partial charge in [-0.3, -0.25) is 4.99 Å². The molecule has 1 aliphatic heterocycles. The first-order chi connectivity index (χ1) is 17.2. The number of nitrogens with one attached hydrogen (secondary N) is 1. The van der Waals surface area contributed by atoms with Gasteiger partial charge in [-0.1, -0.05) is 23.7 Å². The summed E-state index contributed by atoms with van der Waals surface area (Å²) in [6.07, 6.45) is 1.48. The van der Waals surface area contributed by atoms with Crippen LogP contribution in [0.4, 0.5) is 29.1 Å². The summed E-state index contributed by atoms with van der Waals surface area (Å²) in [6, 6.07) is 11.7. The molecule has 0 fully saturated rings. The number of halogens is 5. The van der Waals surface area contributed by atoms with Crippen molar-refractivity contribution >= 4 is 34.8 Å². The summed E-state index contributed by atoms with van der Waals surface area (Å²) in [7, 11) is 0. The minimum atomic E-state index is -1.72. The van der Waals surface area contributed by atoms with Gasteiger partial charge in [0.25, 0.3) is 0 Å². The Kier molecular flexibility index (Phi) is 5.93. The molecule has 0 saturated heterocycles. The number of pyridine rings is 1. The molecule has 1 aliphatic rings. The highest BCUT2D eigenvalue weighted by Gasteiger charge is 2.25. The zero-order valence-electron chi connectivity index (χ0n) is 18.1. The van der Waals surface area contributed by atoms with Crippen LogP contribution in [0.5, 0.6) is 0 Å². The molecule has 0 aliphatic carbocycles. The van der Waals surface area contributed by atoms with Gasteiger partial charge in [0.2, 0.25) is 0 Å². The van der Waals surface area contributed by atoms with Gasteiger partial charge in [-0.2, -0.15) is 0 Å². The van der Waals surface area contributed by atoms with Crippen molar-refractivity contribution < 1.29 is 27.5 Å². The molecule has 0 unspecified atom stereocenters. The molecule has 2 N–H and O–H groups in total. The van der Waals surface area contributed by atoms with E-state index in [0.717, 1.165) is 24.3 Å². The SMILES string of the molecule is O=C(O)c1c(F)cc(Nc2cc3c(cn2)CN=C(c2c(F)cccc2F)c2cc(Cl)ccc2-3)cc1F. The van der Waals surface area contributed by atoms with Crippen LogP contribution in [0.3, 0.4) is 0 Å². The summed E-state index contributed by atoms with van der Waals surface area (Å²) in [5.74, 6) is -5.58. The molecule has 0 saturated carbocycles. The van der Waals surface area contributed by atoms with Gasteiger partial charge >= 0.3 is 5.97 Å². The third-order valence-electron chi connectivity index (χ3n) is 5.65. The van der Waals surface area contributed by atoms with Crippen molar-refractivity contribution in [2.45, 2.75) is 6.54 Å². The Morgan fingerprint density at radius 3 is 2.25 bits per heavy atom. The summed E-state index contributed by atoms with van der Waals surface area (Å²) in [4.78, 5) is 19.8. The molecule has 180 valence electrons. The second-order valence-corrected chi connectivity index (χ2v) is 8.36. The van der Waals surface area contributed by atoms with Crippen LogP contribution < -0.4 is 5.32 Å². The van der Waals surface area contributed by atoms with Crippen molar-refractivity contribution in [1.29, 1.82) is 0 Å². The van der Waals surface area contributed by atoms with E-state index in [1.165, 1.54) is 12.3 Å². The first kappa shape index (κ1) is 23.5. The molecule has 3 aromatic carbocycles. The third-order valence-corrected chi connectivity index (χ3v) is 5.88. The highest BCUT2D eigenvalue weighted by molar-refractivity contribution is 6.31. The van der Waals surface area contributed by atoms with Gasteiger partial charge in [0.15, 0.2) is 0 Å². The summed E-state index contributed by atoms with van der Waals surface area (Å²) in [6.45, 7) is 0.0502. The quantitative estimate of drug-likeness (QED) is 0.297. The smallest absolute Gasteiger partial charge is 0.341 e. The fourth-order valence-electron chi connectivity index (χ4n) is 4.06.